The minimum absolute atomic E-state index is 0.304. The van der Waals surface area contributed by atoms with E-state index in [-0.39, 0.29) is 6.61 Å². The zero-order valence-corrected chi connectivity index (χ0v) is 34.7. The summed E-state index contributed by atoms with van der Waals surface area (Å²) in [4.78, 5) is 48.4. The van der Waals surface area contributed by atoms with Crippen LogP contribution in [0.15, 0.2) is 0 Å². The molecular formula is C44H72O8. The predicted molar refractivity (Wildman–Crippen MR) is 201 cm³/mol. The average Bonchev–Trinajstić information content (AvgIpc) is 3.39. The molecule has 5 aliphatic rings. The molecule has 8 heteroatoms. The van der Waals surface area contributed by atoms with Gasteiger partial charge in [-0.25, -0.2) is 0 Å². The quantitative estimate of drug-likeness (QED) is 0.153. The molecule has 0 amide bonds. The van der Waals surface area contributed by atoms with Crippen molar-refractivity contribution < 1.29 is 38.1 Å². The summed E-state index contributed by atoms with van der Waals surface area (Å²) < 4.78 is 22.1. The number of ether oxygens (including phenoxy) is 4. The highest BCUT2D eigenvalue weighted by atomic mass is 16.6. The highest BCUT2D eigenvalue weighted by Gasteiger charge is 2.70. The van der Waals surface area contributed by atoms with E-state index in [0.717, 1.165) is 30.1 Å². The van der Waals surface area contributed by atoms with Crippen molar-refractivity contribution in [2.45, 2.75) is 178 Å². The molecule has 0 bridgehead atoms. The highest BCUT2D eigenvalue weighted by molar-refractivity contribution is 5.68. The minimum atomic E-state index is -1.10. The maximum atomic E-state index is 12.4. The first-order valence-corrected chi connectivity index (χ1v) is 20.8. The molecule has 0 aromatic rings. The monoisotopic (exact) mass is 729 g/mol. The topological polar surface area (TPSA) is 105 Å². The molecule has 0 spiro atoms. The standard InChI is InChI=1S/C44H72O8/c1-26(13-14-34(50-29(4)46)39(52-31(6)48)35(51-30(5)47)25-49-28(3)45)32-18-22-41(9)33(32)19-23-43(11)37(41)15-16-38-42(10)21-17-27(2)40(7,8)36(42)20-24-44(38,43)12/h26-27,32-39H,13-25H2,1-12H3. The van der Waals surface area contributed by atoms with Crippen LogP contribution in [0, 0.1) is 68.5 Å². The number of carbonyl (C=O) groups is 4. The number of hydrogen-bond donors (Lipinski definition) is 0. The Bertz CT molecular complexity index is 1360. The fourth-order valence-corrected chi connectivity index (χ4v) is 14.4. The lowest BCUT2D eigenvalue weighted by Gasteiger charge is -2.73. The second-order valence-electron chi connectivity index (χ2n) is 20.0. The van der Waals surface area contributed by atoms with Crippen LogP contribution >= 0.6 is 0 Å². The van der Waals surface area contributed by atoms with Gasteiger partial charge >= 0.3 is 23.9 Å². The van der Waals surface area contributed by atoms with Crippen LogP contribution in [-0.4, -0.2) is 48.8 Å². The van der Waals surface area contributed by atoms with Crippen LogP contribution in [0.4, 0.5) is 0 Å². The lowest BCUT2D eigenvalue weighted by molar-refractivity contribution is -0.246. The van der Waals surface area contributed by atoms with Crippen molar-refractivity contribution >= 4 is 23.9 Å². The summed E-state index contributed by atoms with van der Waals surface area (Å²) in [5.41, 5.74) is 1.84. The molecule has 0 N–H and O–H groups in total. The van der Waals surface area contributed by atoms with Crippen molar-refractivity contribution in [3.05, 3.63) is 0 Å². The summed E-state index contributed by atoms with van der Waals surface area (Å²) in [6, 6.07) is 0. The minimum Gasteiger partial charge on any atom is -0.462 e. The molecule has 52 heavy (non-hydrogen) atoms. The zero-order valence-electron chi connectivity index (χ0n) is 34.7. The van der Waals surface area contributed by atoms with Crippen molar-refractivity contribution in [3.63, 3.8) is 0 Å². The largest absolute Gasteiger partial charge is 0.462 e. The van der Waals surface area contributed by atoms with E-state index in [1.165, 1.54) is 91.9 Å². The molecule has 296 valence electrons. The summed E-state index contributed by atoms with van der Waals surface area (Å²) in [7, 11) is 0. The second-order valence-corrected chi connectivity index (χ2v) is 20.0. The predicted octanol–water partition coefficient (Wildman–Crippen LogP) is 9.50. The second kappa shape index (κ2) is 14.8. The van der Waals surface area contributed by atoms with Gasteiger partial charge in [-0.1, -0.05) is 55.4 Å². The zero-order chi connectivity index (χ0) is 38.6. The van der Waals surface area contributed by atoms with Gasteiger partial charge < -0.3 is 18.9 Å². The molecule has 0 aromatic carbocycles. The number of fused-ring (bicyclic) bond motifs is 7. The molecule has 0 aromatic heterocycles. The van der Waals surface area contributed by atoms with E-state index >= 15 is 0 Å². The molecule has 14 unspecified atom stereocenters. The fourth-order valence-electron chi connectivity index (χ4n) is 14.4. The van der Waals surface area contributed by atoms with Gasteiger partial charge in [0.05, 0.1) is 0 Å². The lowest BCUT2D eigenvalue weighted by atomic mass is 9.31. The normalized spacial score (nSPS) is 41.4. The van der Waals surface area contributed by atoms with Crippen LogP contribution in [0.1, 0.15) is 160 Å². The van der Waals surface area contributed by atoms with Gasteiger partial charge in [0.2, 0.25) is 0 Å². The smallest absolute Gasteiger partial charge is 0.303 e. The van der Waals surface area contributed by atoms with Crippen molar-refractivity contribution in [2.24, 2.45) is 68.5 Å². The van der Waals surface area contributed by atoms with Crippen LogP contribution in [0.3, 0.4) is 0 Å². The molecule has 5 fully saturated rings. The van der Waals surface area contributed by atoms with Crippen molar-refractivity contribution in [3.8, 4) is 0 Å². The SMILES string of the molecule is CC(=O)OCC(OC(C)=O)C(OC(C)=O)C(CCC(C)C1CCC2(C)C1CCC1(C)C2CCC2C3(C)CCC(C)C(C)(C)C3CCC21C)OC(C)=O. The van der Waals surface area contributed by atoms with E-state index < -0.39 is 42.2 Å². The Hall–Kier alpha value is -2.12. The van der Waals surface area contributed by atoms with Crippen molar-refractivity contribution in [2.75, 3.05) is 6.61 Å². The maximum absolute atomic E-state index is 12.4. The Labute approximate surface area is 315 Å². The van der Waals surface area contributed by atoms with Crippen LogP contribution < -0.4 is 0 Å². The first kappa shape index (κ1) is 41.1. The van der Waals surface area contributed by atoms with Gasteiger partial charge in [0.15, 0.2) is 12.2 Å². The van der Waals surface area contributed by atoms with Crippen LogP contribution in [0.2, 0.25) is 0 Å². The molecule has 14 atom stereocenters. The number of rotatable bonds is 11. The van der Waals surface area contributed by atoms with Crippen molar-refractivity contribution in [1.29, 1.82) is 0 Å². The first-order chi connectivity index (χ1) is 24.1. The highest BCUT2D eigenvalue weighted by Crippen LogP contribution is 2.78. The van der Waals surface area contributed by atoms with E-state index in [0.29, 0.717) is 51.2 Å². The van der Waals surface area contributed by atoms with Gasteiger partial charge in [-0.3, -0.25) is 19.2 Å². The van der Waals surface area contributed by atoms with E-state index in [4.69, 9.17) is 18.9 Å². The third kappa shape index (κ3) is 7.08. The Morgan fingerprint density at radius 2 is 1.13 bits per heavy atom. The summed E-state index contributed by atoms with van der Waals surface area (Å²) in [5.74, 6) is 2.42. The van der Waals surface area contributed by atoms with Crippen LogP contribution in [0.5, 0.6) is 0 Å². The van der Waals surface area contributed by atoms with Gasteiger partial charge in [0.25, 0.3) is 0 Å². The molecule has 5 aliphatic carbocycles. The molecule has 0 aliphatic heterocycles. The van der Waals surface area contributed by atoms with Gasteiger partial charge in [-0.05, 0) is 146 Å². The van der Waals surface area contributed by atoms with Crippen LogP contribution in [0.25, 0.3) is 0 Å². The Kier molecular flexibility index (Phi) is 11.7. The molecule has 8 nitrogen and oxygen atoms in total. The van der Waals surface area contributed by atoms with E-state index in [9.17, 15) is 19.2 Å². The Morgan fingerprint density at radius 3 is 1.71 bits per heavy atom. The number of carbonyl (C=O) groups excluding carboxylic acids is 4. The molecule has 0 heterocycles. The first-order valence-electron chi connectivity index (χ1n) is 20.8. The maximum Gasteiger partial charge on any atom is 0.303 e. The number of hydrogen-bond acceptors (Lipinski definition) is 8. The van der Waals surface area contributed by atoms with E-state index in [2.05, 4.69) is 55.4 Å². The molecule has 5 saturated carbocycles. The summed E-state index contributed by atoms with van der Waals surface area (Å²) in [5, 5.41) is 0. The van der Waals surface area contributed by atoms with Crippen LogP contribution in [-0.2, 0) is 38.1 Å². The van der Waals surface area contributed by atoms with Crippen molar-refractivity contribution in [1.82, 2.24) is 0 Å². The molecule has 5 rings (SSSR count). The summed E-state index contributed by atoms with van der Waals surface area (Å²) in [6.45, 7) is 25.6. The lowest BCUT2D eigenvalue weighted by Crippen LogP contribution is -2.66. The summed E-state index contributed by atoms with van der Waals surface area (Å²) in [6.07, 6.45) is 11.4. The van der Waals surface area contributed by atoms with E-state index in [1.807, 2.05) is 0 Å². The third-order valence-corrected chi connectivity index (χ3v) is 17.3. The molecule has 0 radical (unpaired) electrons. The Morgan fingerprint density at radius 1 is 0.596 bits per heavy atom. The number of esters is 4. The third-order valence-electron chi connectivity index (χ3n) is 17.3. The van der Waals surface area contributed by atoms with Gasteiger partial charge in [0, 0.05) is 27.7 Å². The molecule has 0 saturated heterocycles. The van der Waals surface area contributed by atoms with Gasteiger partial charge in [0.1, 0.15) is 12.7 Å². The molecular weight excluding hydrogens is 656 g/mol. The fraction of sp³-hybridized carbons (Fsp3) is 0.909. The summed E-state index contributed by atoms with van der Waals surface area (Å²) >= 11 is 0. The average molecular weight is 729 g/mol. The van der Waals surface area contributed by atoms with Gasteiger partial charge in [-0.15, -0.1) is 0 Å². The van der Waals surface area contributed by atoms with Gasteiger partial charge in [-0.2, -0.15) is 0 Å². The van der Waals surface area contributed by atoms with E-state index in [1.54, 1.807) is 0 Å². The Balaban J connectivity index is 1.33.